The average molecular weight is 512 g/mol. The molecule has 1 atom stereocenters. The van der Waals surface area contributed by atoms with E-state index in [0.717, 1.165) is 16.6 Å². The van der Waals surface area contributed by atoms with E-state index in [-0.39, 0.29) is 30.2 Å². The number of nitrogens with one attached hydrogen (secondary N) is 2. The van der Waals surface area contributed by atoms with E-state index in [0.29, 0.717) is 24.6 Å². The normalized spacial score (nSPS) is 12.3. The van der Waals surface area contributed by atoms with Crippen molar-refractivity contribution in [2.75, 3.05) is 25.5 Å². The van der Waals surface area contributed by atoms with Crippen molar-refractivity contribution in [2.24, 2.45) is 0 Å². The number of aliphatic carboxylic acids is 1. The molecule has 0 saturated carbocycles. The first-order valence-corrected chi connectivity index (χ1v) is 13.4. The SMILES string of the molecule is CN(C)c1cccc2c(S(=O)(=O)NCCCCCC(=O)N[C@H](Cc3ccccc3)C(=O)O)cccc12. The summed E-state index contributed by atoms with van der Waals surface area (Å²) in [5.41, 5.74) is 1.78. The summed E-state index contributed by atoms with van der Waals surface area (Å²) in [5, 5.41) is 13.5. The lowest BCUT2D eigenvalue weighted by atomic mass is 10.1. The van der Waals surface area contributed by atoms with Gasteiger partial charge in [-0.15, -0.1) is 0 Å². The number of carboxylic acid groups (broad SMARTS) is 1. The summed E-state index contributed by atoms with van der Waals surface area (Å²) in [6.07, 6.45) is 2.13. The maximum Gasteiger partial charge on any atom is 0.326 e. The zero-order valence-electron chi connectivity index (χ0n) is 20.6. The Balaban J connectivity index is 1.46. The van der Waals surface area contributed by atoms with Gasteiger partial charge in [0.15, 0.2) is 0 Å². The summed E-state index contributed by atoms with van der Waals surface area (Å²) in [6.45, 7) is 0.249. The fourth-order valence-electron chi connectivity index (χ4n) is 4.08. The van der Waals surface area contributed by atoms with Crippen LogP contribution in [0.4, 0.5) is 5.69 Å². The van der Waals surface area contributed by atoms with Crippen LogP contribution in [0.3, 0.4) is 0 Å². The summed E-state index contributed by atoms with van der Waals surface area (Å²) >= 11 is 0. The van der Waals surface area contributed by atoms with E-state index in [2.05, 4.69) is 10.0 Å². The summed E-state index contributed by atoms with van der Waals surface area (Å²) < 4.78 is 28.6. The lowest BCUT2D eigenvalue weighted by molar-refractivity contribution is -0.141. The first-order chi connectivity index (χ1) is 17.2. The van der Waals surface area contributed by atoms with Crippen molar-refractivity contribution in [2.45, 2.75) is 43.0 Å². The molecule has 0 bridgehead atoms. The van der Waals surface area contributed by atoms with Crippen LogP contribution in [0.5, 0.6) is 0 Å². The van der Waals surface area contributed by atoms with Crippen LogP contribution in [0.25, 0.3) is 10.8 Å². The minimum atomic E-state index is -3.70. The molecule has 0 aliphatic heterocycles. The van der Waals surface area contributed by atoms with Gasteiger partial charge >= 0.3 is 5.97 Å². The molecule has 3 rings (SSSR count). The maximum atomic E-state index is 13.0. The minimum Gasteiger partial charge on any atom is -0.480 e. The van der Waals surface area contributed by atoms with Crippen molar-refractivity contribution in [3.63, 3.8) is 0 Å². The van der Waals surface area contributed by atoms with Gasteiger partial charge in [0.05, 0.1) is 4.90 Å². The molecule has 0 saturated heterocycles. The van der Waals surface area contributed by atoms with Gasteiger partial charge in [0.1, 0.15) is 6.04 Å². The molecule has 0 fully saturated rings. The Bertz CT molecular complexity index is 1290. The maximum absolute atomic E-state index is 13.0. The lowest BCUT2D eigenvalue weighted by Crippen LogP contribution is -2.42. The number of amides is 1. The number of hydrogen-bond acceptors (Lipinski definition) is 5. The Morgan fingerprint density at radius 2 is 1.58 bits per heavy atom. The molecule has 0 heterocycles. The third-order valence-electron chi connectivity index (χ3n) is 5.92. The molecule has 3 aromatic carbocycles. The van der Waals surface area contributed by atoms with Crippen molar-refractivity contribution in [3.05, 3.63) is 72.3 Å². The van der Waals surface area contributed by atoms with E-state index >= 15 is 0 Å². The molecule has 0 aliphatic rings. The Morgan fingerprint density at radius 3 is 2.28 bits per heavy atom. The largest absolute Gasteiger partial charge is 0.480 e. The van der Waals surface area contributed by atoms with Crippen molar-refractivity contribution in [1.29, 1.82) is 0 Å². The van der Waals surface area contributed by atoms with Crippen LogP contribution in [-0.4, -0.2) is 52.1 Å². The van der Waals surface area contributed by atoms with E-state index in [9.17, 15) is 23.1 Å². The van der Waals surface area contributed by atoms with Crippen LogP contribution >= 0.6 is 0 Å². The predicted octanol–water partition coefficient (Wildman–Crippen LogP) is 3.56. The number of anilines is 1. The zero-order valence-corrected chi connectivity index (χ0v) is 21.4. The van der Waals surface area contributed by atoms with Gasteiger partial charge < -0.3 is 15.3 Å². The third-order valence-corrected chi connectivity index (χ3v) is 7.44. The Labute approximate surface area is 212 Å². The average Bonchev–Trinajstić information content (AvgIpc) is 2.85. The van der Waals surface area contributed by atoms with E-state index < -0.39 is 22.0 Å². The van der Waals surface area contributed by atoms with Gasteiger partial charge in [-0.1, -0.05) is 61.0 Å². The number of benzene rings is 3. The summed E-state index contributed by atoms with van der Waals surface area (Å²) in [6, 6.07) is 19.0. The number of sulfonamides is 1. The highest BCUT2D eigenvalue weighted by Gasteiger charge is 2.20. The molecule has 3 N–H and O–H groups in total. The second-order valence-corrected chi connectivity index (χ2v) is 10.6. The first-order valence-electron chi connectivity index (χ1n) is 11.9. The summed E-state index contributed by atoms with van der Waals surface area (Å²) in [5.74, 6) is -1.40. The first kappa shape index (κ1) is 27.2. The number of carboxylic acids is 1. The highest BCUT2D eigenvalue weighted by Crippen LogP contribution is 2.30. The molecule has 9 heteroatoms. The Morgan fingerprint density at radius 1 is 0.889 bits per heavy atom. The van der Waals surface area contributed by atoms with Gasteiger partial charge in [0.25, 0.3) is 0 Å². The highest BCUT2D eigenvalue weighted by molar-refractivity contribution is 7.89. The quantitative estimate of drug-likeness (QED) is 0.302. The Kier molecular flexibility index (Phi) is 9.44. The molecule has 0 aromatic heterocycles. The van der Waals surface area contributed by atoms with Crippen molar-refractivity contribution >= 4 is 38.4 Å². The van der Waals surface area contributed by atoms with Crippen molar-refractivity contribution in [1.82, 2.24) is 10.0 Å². The van der Waals surface area contributed by atoms with Crippen LogP contribution in [0.1, 0.15) is 31.2 Å². The standard InChI is InChI=1S/C27H33N3O5S/c1-30(2)24-15-9-14-22-21(24)13-10-16-25(22)36(34,35)28-18-8-4-7-17-26(31)29-23(27(32)33)19-20-11-5-3-6-12-20/h3,5-6,9-16,23,28H,4,7-8,17-19H2,1-2H3,(H,29,31)(H,32,33)/t23-/m1/s1. The lowest BCUT2D eigenvalue weighted by Gasteiger charge is -2.17. The molecule has 1 amide bonds. The molecular formula is C27H33N3O5S. The van der Waals surface area contributed by atoms with Crippen LogP contribution in [0, 0.1) is 0 Å². The molecule has 0 aliphatic carbocycles. The number of carbonyl (C=O) groups excluding carboxylic acids is 1. The number of unbranched alkanes of at least 4 members (excludes halogenated alkanes) is 2. The highest BCUT2D eigenvalue weighted by atomic mass is 32.2. The van der Waals surface area contributed by atoms with Gasteiger partial charge in [-0.25, -0.2) is 17.9 Å². The second-order valence-electron chi connectivity index (χ2n) is 8.88. The number of carbonyl (C=O) groups is 2. The third kappa shape index (κ3) is 7.29. The minimum absolute atomic E-state index is 0.182. The van der Waals surface area contributed by atoms with Gasteiger partial charge in [-0.05, 0) is 30.5 Å². The number of fused-ring (bicyclic) bond motifs is 1. The van der Waals surface area contributed by atoms with Crippen LogP contribution in [0.2, 0.25) is 0 Å². The smallest absolute Gasteiger partial charge is 0.326 e. The zero-order chi connectivity index (χ0) is 26.1. The topological polar surface area (TPSA) is 116 Å². The fourth-order valence-corrected chi connectivity index (χ4v) is 5.37. The second kappa shape index (κ2) is 12.5. The van der Waals surface area contributed by atoms with Crippen molar-refractivity contribution in [3.8, 4) is 0 Å². The van der Waals surface area contributed by atoms with Gasteiger partial charge in [-0.2, -0.15) is 0 Å². The molecule has 0 spiro atoms. The number of hydrogen-bond donors (Lipinski definition) is 3. The predicted molar refractivity (Wildman–Crippen MR) is 142 cm³/mol. The number of rotatable bonds is 13. The molecule has 3 aromatic rings. The summed E-state index contributed by atoms with van der Waals surface area (Å²) in [7, 11) is 0.131. The Hall–Kier alpha value is -3.43. The van der Waals surface area contributed by atoms with E-state index in [4.69, 9.17) is 0 Å². The fraction of sp³-hybridized carbons (Fsp3) is 0.333. The van der Waals surface area contributed by atoms with Gasteiger partial charge in [0.2, 0.25) is 15.9 Å². The van der Waals surface area contributed by atoms with Crippen LogP contribution in [0.15, 0.2) is 71.6 Å². The van der Waals surface area contributed by atoms with Gasteiger partial charge in [-0.3, -0.25) is 4.79 Å². The molecule has 0 unspecified atom stereocenters. The number of nitrogens with zero attached hydrogens (tertiary/aromatic N) is 1. The van der Waals surface area contributed by atoms with E-state index in [1.165, 1.54) is 0 Å². The van der Waals surface area contributed by atoms with E-state index in [1.54, 1.807) is 18.2 Å². The van der Waals surface area contributed by atoms with E-state index in [1.807, 2.05) is 67.5 Å². The molecule has 8 nitrogen and oxygen atoms in total. The van der Waals surface area contributed by atoms with Crippen molar-refractivity contribution < 1.29 is 23.1 Å². The monoisotopic (exact) mass is 511 g/mol. The molecule has 0 radical (unpaired) electrons. The molecule has 192 valence electrons. The van der Waals surface area contributed by atoms with Gasteiger partial charge in [0, 0.05) is 49.9 Å². The van der Waals surface area contributed by atoms with Crippen LogP contribution < -0.4 is 14.9 Å². The van der Waals surface area contributed by atoms with Crippen LogP contribution in [-0.2, 0) is 26.0 Å². The molecular weight excluding hydrogens is 478 g/mol. The summed E-state index contributed by atoms with van der Waals surface area (Å²) in [4.78, 5) is 25.9. The molecule has 36 heavy (non-hydrogen) atoms.